The van der Waals surface area contributed by atoms with Gasteiger partial charge in [-0.15, -0.1) is 0 Å². The van der Waals surface area contributed by atoms with Gasteiger partial charge in [0.15, 0.2) is 0 Å². The van der Waals surface area contributed by atoms with Crippen molar-refractivity contribution in [1.82, 2.24) is 10.2 Å². The largest absolute Gasteiger partial charge is 0.338 e. The Hall–Kier alpha value is -0.570. The second kappa shape index (κ2) is 8.02. The molecule has 1 aliphatic carbocycles. The van der Waals surface area contributed by atoms with E-state index >= 15 is 0 Å². The molecule has 0 aromatic rings. The van der Waals surface area contributed by atoms with Gasteiger partial charge in [0, 0.05) is 25.6 Å². The standard InChI is InChI=1S/C17H32N2O/c1-14(2)16-13-18-11-6-12-19(16)17(20)10-9-15-7-4-3-5-8-15/h14-16,18H,3-13H2,1-2H3. The van der Waals surface area contributed by atoms with E-state index in [9.17, 15) is 4.79 Å². The summed E-state index contributed by atoms with van der Waals surface area (Å²) in [5.74, 6) is 1.76. The monoisotopic (exact) mass is 280 g/mol. The molecule has 3 nitrogen and oxygen atoms in total. The van der Waals surface area contributed by atoms with E-state index in [1.54, 1.807) is 0 Å². The molecule has 1 heterocycles. The predicted octanol–water partition coefficient (Wildman–Crippen LogP) is 3.19. The molecule has 1 saturated heterocycles. The van der Waals surface area contributed by atoms with Gasteiger partial charge in [0.2, 0.25) is 5.91 Å². The van der Waals surface area contributed by atoms with Crippen LogP contribution in [0.1, 0.15) is 65.2 Å². The van der Waals surface area contributed by atoms with Crippen LogP contribution in [0.25, 0.3) is 0 Å². The smallest absolute Gasteiger partial charge is 0.222 e. The van der Waals surface area contributed by atoms with Crippen LogP contribution in [0.5, 0.6) is 0 Å². The molecule has 0 aromatic carbocycles. The maximum atomic E-state index is 12.6. The lowest BCUT2D eigenvalue weighted by Gasteiger charge is -2.33. The van der Waals surface area contributed by atoms with E-state index in [2.05, 4.69) is 24.1 Å². The molecule has 0 bridgehead atoms. The lowest BCUT2D eigenvalue weighted by molar-refractivity contribution is -0.134. The SMILES string of the molecule is CC(C)C1CNCCCN1C(=O)CCC1CCCCC1. The van der Waals surface area contributed by atoms with Crippen LogP contribution in [0.4, 0.5) is 0 Å². The molecule has 1 N–H and O–H groups in total. The molecule has 3 heteroatoms. The zero-order valence-electron chi connectivity index (χ0n) is 13.4. The van der Waals surface area contributed by atoms with Crippen LogP contribution in [0.2, 0.25) is 0 Å². The third-order valence-electron chi connectivity index (χ3n) is 5.09. The molecule has 2 rings (SSSR count). The van der Waals surface area contributed by atoms with Gasteiger partial charge in [-0.05, 0) is 31.2 Å². The van der Waals surface area contributed by atoms with Crippen molar-refractivity contribution in [3.05, 3.63) is 0 Å². The predicted molar refractivity (Wildman–Crippen MR) is 83.6 cm³/mol. The number of amides is 1. The fourth-order valence-corrected chi connectivity index (χ4v) is 3.75. The molecule has 0 radical (unpaired) electrons. The van der Waals surface area contributed by atoms with Crippen molar-refractivity contribution in [2.75, 3.05) is 19.6 Å². The average Bonchev–Trinajstić information content (AvgIpc) is 2.71. The van der Waals surface area contributed by atoms with Gasteiger partial charge in [-0.3, -0.25) is 4.79 Å². The first kappa shape index (κ1) is 15.8. The topological polar surface area (TPSA) is 32.3 Å². The summed E-state index contributed by atoms with van der Waals surface area (Å²) in [4.78, 5) is 14.8. The van der Waals surface area contributed by atoms with Crippen LogP contribution in [-0.4, -0.2) is 36.5 Å². The Balaban J connectivity index is 1.84. The normalized spacial score (nSPS) is 25.8. The summed E-state index contributed by atoms with van der Waals surface area (Å²) in [5, 5.41) is 3.48. The first-order chi connectivity index (χ1) is 9.68. The summed E-state index contributed by atoms with van der Waals surface area (Å²) >= 11 is 0. The van der Waals surface area contributed by atoms with E-state index < -0.39 is 0 Å². The van der Waals surface area contributed by atoms with Gasteiger partial charge in [-0.1, -0.05) is 46.0 Å². The van der Waals surface area contributed by atoms with Crippen molar-refractivity contribution in [2.45, 2.75) is 71.3 Å². The number of carbonyl (C=O) groups is 1. The van der Waals surface area contributed by atoms with Crippen LogP contribution in [0, 0.1) is 11.8 Å². The molecule has 1 unspecified atom stereocenters. The van der Waals surface area contributed by atoms with E-state index in [-0.39, 0.29) is 0 Å². The van der Waals surface area contributed by atoms with E-state index in [4.69, 9.17) is 0 Å². The van der Waals surface area contributed by atoms with Crippen LogP contribution < -0.4 is 5.32 Å². The average molecular weight is 280 g/mol. The number of carbonyl (C=O) groups excluding carboxylic acids is 1. The molecule has 1 saturated carbocycles. The fourth-order valence-electron chi connectivity index (χ4n) is 3.75. The zero-order valence-corrected chi connectivity index (χ0v) is 13.4. The molecule has 2 fully saturated rings. The van der Waals surface area contributed by atoms with Crippen molar-refractivity contribution >= 4 is 5.91 Å². The third-order valence-corrected chi connectivity index (χ3v) is 5.09. The summed E-state index contributed by atoms with van der Waals surface area (Å²) in [5.41, 5.74) is 0. The highest BCUT2D eigenvalue weighted by Gasteiger charge is 2.27. The number of hydrogen-bond acceptors (Lipinski definition) is 2. The van der Waals surface area contributed by atoms with Gasteiger partial charge < -0.3 is 10.2 Å². The molecule has 1 amide bonds. The maximum Gasteiger partial charge on any atom is 0.222 e. The van der Waals surface area contributed by atoms with Gasteiger partial charge in [0.1, 0.15) is 0 Å². The molecule has 2 aliphatic rings. The van der Waals surface area contributed by atoms with Crippen molar-refractivity contribution in [3.8, 4) is 0 Å². The van der Waals surface area contributed by atoms with Crippen LogP contribution in [-0.2, 0) is 4.79 Å². The minimum absolute atomic E-state index is 0.386. The maximum absolute atomic E-state index is 12.6. The summed E-state index contributed by atoms with van der Waals surface area (Å²) < 4.78 is 0. The molecule has 0 aromatic heterocycles. The van der Waals surface area contributed by atoms with Crippen molar-refractivity contribution < 1.29 is 4.79 Å². The van der Waals surface area contributed by atoms with Gasteiger partial charge in [-0.25, -0.2) is 0 Å². The molecular weight excluding hydrogens is 248 g/mol. The van der Waals surface area contributed by atoms with E-state index in [0.717, 1.165) is 44.8 Å². The lowest BCUT2D eigenvalue weighted by Crippen LogP contribution is -2.46. The van der Waals surface area contributed by atoms with Crippen molar-refractivity contribution in [1.29, 1.82) is 0 Å². The first-order valence-corrected chi connectivity index (χ1v) is 8.68. The highest BCUT2D eigenvalue weighted by atomic mass is 16.2. The zero-order chi connectivity index (χ0) is 14.4. The Morgan fingerprint density at radius 2 is 1.95 bits per heavy atom. The van der Waals surface area contributed by atoms with Crippen LogP contribution in [0.15, 0.2) is 0 Å². The Bertz CT molecular complexity index is 297. The van der Waals surface area contributed by atoms with Crippen LogP contribution >= 0.6 is 0 Å². The molecule has 116 valence electrons. The second-order valence-corrected chi connectivity index (χ2v) is 7.00. The summed E-state index contributed by atoms with van der Waals surface area (Å²) in [6.07, 6.45) is 9.84. The molecule has 1 atom stereocenters. The minimum atomic E-state index is 0.386. The first-order valence-electron chi connectivity index (χ1n) is 8.68. The molecule has 0 spiro atoms. The Morgan fingerprint density at radius 3 is 2.65 bits per heavy atom. The van der Waals surface area contributed by atoms with E-state index in [1.165, 1.54) is 32.1 Å². The van der Waals surface area contributed by atoms with Gasteiger partial charge in [0.05, 0.1) is 0 Å². The van der Waals surface area contributed by atoms with Crippen molar-refractivity contribution in [3.63, 3.8) is 0 Å². The second-order valence-electron chi connectivity index (χ2n) is 7.00. The number of nitrogens with zero attached hydrogens (tertiary/aromatic N) is 1. The summed E-state index contributed by atoms with van der Waals surface area (Å²) in [6.45, 7) is 7.43. The fraction of sp³-hybridized carbons (Fsp3) is 0.941. The highest BCUT2D eigenvalue weighted by Crippen LogP contribution is 2.28. The number of hydrogen-bond donors (Lipinski definition) is 1. The lowest BCUT2D eigenvalue weighted by atomic mass is 9.86. The molecule has 20 heavy (non-hydrogen) atoms. The Morgan fingerprint density at radius 1 is 1.20 bits per heavy atom. The minimum Gasteiger partial charge on any atom is -0.338 e. The quantitative estimate of drug-likeness (QED) is 0.857. The van der Waals surface area contributed by atoms with E-state index in [0.29, 0.717) is 17.9 Å². The van der Waals surface area contributed by atoms with Crippen molar-refractivity contribution in [2.24, 2.45) is 11.8 Å². The highest BCUT2D eigenvalue weighted by molar-refractivity contribution is 5.76. The number of rotatable bonds is 4. The summed E-state index contributed by atoms with van der Waals surface area (Å²) in [7, 11) is 0. The van der Waals surface area contributed by atoms with Gasteiger partial charge in [0.25, 0.3) is 0 Å². The van der Waals surface area contributed by atoms with Crippen LogP contribution in [0.3, 0.4) is 0 Å². The van der Waals surface area contributed by atoms with Gasteiger partial charge >= 0.3 is 0 Å². The number of nitrogens with one attached hydrogen (secondary N) is 1. The van der Waals surface area contributed by atoms with Gasteiger partial charge in [-0.2, -0.15) is 0 Å². The van der Waals surface area contributed by atoms with E-state index in [1.807, 2.05) is 0 Å². The Labute approximate surface area is 124 Å². The Kier molecular flexibility index (Phi) is 6.34. The molecule has 1 aliphatic heterocycles. The third kappa shape index (κ3) is 4.47. The summed E-state index contributed by atoms with van der Waals surface area (Å²) in [6, 6.07) is 0.386. The molecular formula is C17H32N2O.